The van der Waals surface area contributed by atoms with E-state index in [4.69, 9.17) is 0 Å². The first kappa shape index (κ1) is 29.7. The molecule has 14 heteroatoms. The summed E-state index contributed by atoms with van der Waals surface area (Å²) in [5.74, 6) is -1.69. The molecule has 0 spiro atoms. The van der Waals surface area contributed by atoms with Crippen molar-refractivity contribution in [2.75, 3.05) is 11.9 Å². The van der Waals surface area contributed by atoms with E-state index in [9.17, 15) is 36.6 Å². The number of amides is 2. The van der Waals surface area contributed by atoms with E-state index < -0.39 is 53.5 Å². The van der Waals surface area contributed by atoms with Crippen LogP contribution < -0.4 is 10.6 Å². The van der Waals surface area contributed by atoms with Gasteiger partial charge in [0.1, 0.15) is 17.6 Å². The van der Waals surface area contributed by atoms with E-state index in [0.29, 0.717) is 17.9 Å². The maximum Gasteiger partial charge on any atom is 0.408 e. The van der Waals surface area contributed by atoms with Gasteiger partial charge in [0.15, 0.2) is 5.01 Å². The molecule has 210 valence electrons. The number of thiazole rings is 1. The van der Waals surface area contributed by atoms with Crippen LogP contribution in [0.1, 0.15) is 79.7 Å². The van der Waals surface area contributed by atoms with Crippen molar-refractivity contribution in [2.24, 2.45) is 0 Å². The Morgan fingerprint density at radius 2 is 1.87 bits per heavy atom. The Morgan fingerprint density at radius 3 is 2.39 bits per heavy atom. The highest BCUT2D eigenvalue weighted by Gasteiger charge is 2.37. The van der Waals surface area contributed by atoms with Gasteiger partial charge in [0.05, 0.1) is 16.5 Å². The van der Waals surface area contributed by atoms with Crippen LogP contribution in [0.3, 0.4) is 0 Å². The van der Waals surface area contributed by atoms with E-state index in [-0.39, 0.29) is 27.2 Å². The molecule has 0 unspecified atom stereocenters. The molecule has 1 fully saturated rings. The molecule has 1 saturated heterocycles. The normalized spacial score (nSPS) is 18.0. The smallest absolute Gasteiger partial charge is 0.388 e. The maximum absolute atomic E-state index is 14.1. The van der Waals surface area contributed by atoms with Gasteiger partial charge in [-0.25, -0.2) is 18.7 Å². The number of likely N-dealkylation sites (tertiary alicyclic amines) is 1. The van der Waals surface area contributed by atoms with Gasteiger partial charge in [-0.3, -0.25) is 9.59 Å². The molecule has 2 aromatic heterocycles. The number of halogens is 5. The lowest BCUT2D eigenvalue weighted by Crippen LogP contribution is -2.47. The Bertz CT molecular complexity index is 1180. The Balaban J connectivity index is 2.09. The van der Waals surface area contributed by atoms with Gasteiger partial charge in [0.25, 0.3) is 18.2 Å². The average molecular weight is 564 g/mol. The number of anilines is 1. The zero-order valence-electron chi connectivity index (χ0n) is 21.5. The van der Waals surface area contributed by atoms with Gasteiger partial charge >= 0.3 is 6.18 Å². The molecular weight excluding hydrogens is 533 g/mol. The van der Waals surface area contributed by atoms with Gasteiger partial charge in [-0.2, -0.15) is 13.2 Å². The fourth-order valence-corrected chi connectivity index (χ4v) is 4.77. The predicted molar refractivity (Wildman–Crippen MR) is 132 cm³/mol. The van der Waals surface area contributed by atoms with Crippen LogP contribution in [0.15, 0.2) is 12.3 Å². The lowest BCUT2D eigenvalue weighted by Gasteiger charge is -2.26. The molecule has 3 N–H and O–H groups in total. The van der Waals surface area contributed by atoms with Crippen LogP contribution in [-0.2, 0) is 0 Å². The van der Waals surface area contributed by atoms with Gasteiger partial charge in [-0.1, -0.05) is 0 Å². The Labute approximate surface area is 220 Å². The second-order valence-electron chi connectivity index (χ2n) is 9.90. The summed E-state index contributed by atoms with van der Waals surface area (Å²) in [5.41, 5.74) is -2.38. The van der Waals surface area contributed by atoms with Crippen molar-refractivity contribution in [3.05, 3.63) is 28.5 Å². The van der Waals surface area contributed by atoms with Crippen molar-refractivity contribution >= 4 is 29.0 Å². The van der Waals surface area contributed by atoms with E-state index in [0.717, 1.165) is 32.0 Å². The van der Waals surface area contributed by atoms with Gasteiger partial charge in [0.2, 0.25) is 0 Å². The quantitative estimate of drug-likeness (QED) is 0.390. The van der Waals surface area contributed by atoms with Crippen LogP contribution in [0.2, 0.25) is 0 Å². The molecule has 0 aliphatic carbocycles. The topological polar surface area (TPSA) is 107 Å². The van der Waals surface area contributed by atoms with Gasteiger partial charge in [-0.15, -0.1) is 11.3 Å². The number of pyridine rings is 1. The lowest BCUT2D eigenvalue weighted by molar-refractivity contribution is -0.138. The average Bonchev–Trinajstić information content (AvgIpc) is 3.44. The molecule has 2 aromatic rings. The van der Waals surface area contributed by atoms with Gasteiger partial charge < -0.3 is 20.6 Å². The molecule has 3 atom stereocenters. The second-order valence-corrected chi connectivity index (χ2v) is 10.9. The van der Waals surface area contributed by atoms with E-state index in [2.05, 4.69) is 20.6 Å². The van der Waals surface area contributed by atoms with Crippen molar-refractivity contribution in [1.29, 1.82) is 0 Å². The summed E-state index contributed by atoms with van der Waals surface area (Å²) in [7, 11) is 0. The Kier molecular flexibility index (Phi) is 8.66. The summed E-state index contributed by atoms with van der Waals surface area (Å²) in [4.78, 5) is 35.9. The summed E-state index contributed by atoms with van der Waals surface area (Å²) in [6.07, 6.45) is -5.32. The monoisotopic (exact) mass is 563 g/mol. The Morgan fingerprint density at radius 1 is 1.21 bits per heavy atom. The molecule has 0 radical (unpaired) electrons. The minimum absolute atomic E-state index is 0.0478. The van der Waals surface area contributed by atoms with Crippen LogP contribution >= 0.6 is 11.3 Å². The lowest BCUT2D eigenvalue weighted by atomic mass is 10.0. The summed E-state index contributed by atoms with van der Waals surface area (Å²) >= 11 is 0.691. The zero-order valence-corrected chi connectivity index (χ0v) is 22.3. The molecule has 8 nitrogen and oxygen atoms in total. The van der Waals surface area contributed by atoms with Gasteiger partial charge in [0, 0.05) is 29.9 Å². The van der Waals surface area contributed by atoms with Crippen LogP contribution in [0.4, 0.5) is 27.8 Å². The summed E-state index contributed by atoms with van der Waals surface area (Å²) in [6, 6.07) is -2.09. The SMILES string of the molecule is C[C@H](Nc1cc(C(F)F)c(-c2sc(C(=O)N[C@H](C)C(C)(C)O)nc2C(=O)N2CCC[C@@H]2C)cn1)C(F)(F)F. The summed E-state index contributed by atoms with van der Waals surface area (Å²) in [6.45, 7) is 7.64. The number of hydrogen-bond donors (Lipinski definition) is 3. The first-order chi connectivity index (χ1) is 17.5. The van der Waals surface area contributed by atoms with Crippen molar-refractivity contribution in [1.82, 2.24) is 20.2 Å². The molecule has 0 bridgehead atoms. The molecular formula is C24H30F5N5O3S. The number of alkyl halides is 5. The standard InChI is InChI=1S/C24H30F5N5O3S/c1-11-7-6-8-34(11)22(36)17-18(38-21(33-17)20(35)32-12(2)23(4,5)37)15-10-30-16(9-14(15)19(25)26)31-13(3)24(27,28)29/h9-13,19,37H,6-8H2,1-5H3,(H,30,31)(H,32,35)/t11-,12+,13-/m0/s1. The number of carbonyl (C=O) groups is 2. The third-order valence-electron chi connectivity index (χ3n) is 6.52. The maximum atomic E-state index is 14.1. The van der Waals surface area contributed by atoms with Crippen molar-refractivity contribution in [3.63, 3.8) is 0 Å². The van der Waals surface area contributed by atoms with Crippen LogP contribution in [0.5, 0.6) is 0 Å². The molecule has 1 aliphatic heterocycles. The Hall–Kier alpha value is -2.87. The molecule has 3 heterocycles. The van der Waals surface area contributed by atoms with Crippen LogP contribution in [-0.4, -0.2) is 68.2 Å². The highest BCUT2D eigenvalue weighted by atomic mass is 32.1. The summed E-state index contributed by atoms with van der Waals surface area (Å²) in [5, 5.41) is 14.6. The number of nitrogens with one attached hydrogen (secondary N) is 2. The largest absolute Gasteiger partial charge is 0.408 e. The molecule has 3 rings (SSSR count). The minimum atomic E-state index is -4.63. The van der Waals surface area contributed by atoms with Gasteiger partial charge in [-0.05, 0) is 53.5 Å². The third kappa shape index (κ3) is 6.57. The number of hydrogen-bond acceptors (Lipinski definition) is 7. The second kappa shape index (κ2) is 11.1. The molecule has 0 aromatic carbocycles. The molecule has 1 aliphatic rings. The fraction of sp³-hybridized carbons (Fsp3) is 0.583. The zero-order chi connectivity index (χ0) is 28.6. The fourth-order valence-electron chi connectivity index (χ4n) is 3.77. The minimum Gasteiger partial charge on any atom is -0.388 e. The van der Waals surface area contributed by atoms with E-state index in [1.807, 2.05) is 6.92 Å². The van der Waals surface area contributed by atoms with Crippen molar-refractivity contribution in [3.8, 4) is 10.4 Å². The van der Waals surface area contributed by atoms with Crippen LogP contribution in [0, 0.1) is 0 Å². The molecule has 0 saturated carbocycles. The molecule has 38 heavy (non-hydrogen) atoms. The number of aliphatic hydroxyl groups is 1. The predicted octanol–water partition coefficient (Wildman–Crippen LogP) is 5.02. The summed E-state index contributed by atoms with van der Waals surface area (Å²) < 4.78 is 67.1. The first-order valence-electron chi connectivity index (χ1n) is 12.0. The number of aromatic nitrogens is 2. The van der Waals surface area contributed by atoms with Crippen molar-refractivity contribution < 1.29 is 36.6 Å². The number of rotatable bonds is 8. The van der Waals surface area contributed by atoms with Crippen molar-refractivity contribution in [2.45, 2.75) is 83.8 Å². The highest BCUT2D eigenvalue weighted by Crippen LogP contribution is 2.39. The third-order valence-corrected chi connectivity index (χ3v) is 7.60. The number of nitrogens with zero attached hydrogens (tertiary/aromatic N) is 3. The molecule has 2 amide bonds. The van der Waals surface area contributed by atoms with E-state index >= 15 is 0 Å². The van der Waals surface area contributed by atoms with E-state index in [1.165, 1.54) is 18.7 Å². The van der Waals surface area contributed by atoms with Crippen LogP contribution in [0.25, 0.3) is 10.4 Å². The number of carbonyl (C=O) groups excluding carboxylic acids is 2. The highest BCUT2D eigenvalue weighted by molar-refractivity contribution is 7.17. The first-order valence-corrected chi connectivity index (χ1v) is 12.8. The van der Waals surface area contributed by atoms with E-state index in [1.54, 1.807) is 6.92 Å².